The SMILES string of the molecule is CNCCS(=O)(=O)Nc1ccc(C)cc1C(=O)OC. The molecule has 1 rings (SSSR count). The van der Waals surface area contributed by atoms with E-state index in [1.54, 1.807) is 25.2 Å². The van der Waals surface area contributed by atoms with E-state index in [1.165, 1.54) is 7.11 Å². The topological polar surface area (TPSA) is 84.5 Å². The molecule has 0 aromatic heterocycles. The van der Waals surface area contributed by atoms with Crippen molar-refractivity contribution in [2.45, 2.75) is 6.92 Å². The Bertz CT molecular complexity index is 555. The summed E-state index contributed by atoms with van der Waals surface area (Å²) < 4.78 is 30.6. The van der Waals surface area contributed by atoms with E-state index in [-0.39, 0.29) is 17.0 Å². The van der Waals surface area contributed by atoms with Crippen molar-refractivity contribution in [2.75, 3.05) is 31.2 Å². The van der Waals surface area contributed by atoms with Crippen LogP contribution in [0.3, 0.4) is 0 Å². The van der Waals surface area contributed by atoms with E-state index < -0.39 is 16.0 Å². The minimum Gasteiger partial charge on any atom is -0.465 e. The molecule has 1 aromatic carbocycles. The lowest BCUT2D eigenvalue weighted by Gasteiger charge is -2.12. The summed E-state index contributed by atoms with van der Waals surface area (Å²) in [4.78, 5) is 11.6. The summed E-state index contributed by atoms with van der Waals surface area (Å²) in [6, 6.07) is 4.86. The standard InChI is InChI=1S/C12H18N2O4S/c1-9-4-5-11(10(8-9)12(15)18-3)14-19(16,17)7-6-13-2/h4-5,8,13-14H,6-7H2,1-3H3. The molecule has 6 nitrogen and oxygen atoms in total. The zero-order valence-electron chi connectivity index (χ0n) is 11.2. The van der Waals surface area contributed by atoms with Gasteiger partial charge in [0, 0.05) is 6.54 Å². The molecule has 0 unspecified atom stereocenters. The maximum atomic E-state index is 11.8. The van der Waals surface area contributed by atoms with Gasteiger partial charge in [-0.3, -0.25) is 4.72 Å². The van der Waals surface area contributed by atoms with Gasteiger partial charge in [-0.1, -0.05) is 11.6 Å². The third kappa shape index (κ3) is 4.53. The third-order valence-electron chi connectivity index (χ3n) is 2.47. The first kappa shape index (κ1) is 15.5. The maximum absolute atomic E-state index is 11.8. The number of hydrogen-bond donors (Lipinski definition) is 2. The molecular formula is C12H18N2O4S. The van der Waals surface area contributed by atoms with Crippen molar-refractivity contribution >= 4 is 21.7 Å². The van der Waals surface area contributed by atoms with Crippen LogP contribution in [-0.4, -0.2) is 40.8 Å². The van der Waals surface area contributed by atoms with Crippen molar-refractivity contribution < 1.29 is 17.9 Å². The Labute approximate surface area is 113 Å². The van der Waals surface area contributed by atoms with Crippen LogP contribution in [0.5, 0.6) is 0 Å². The summed E-state index contributed by atoms with van der Waals surface area (Å²) in [6.07, 6.45) is 0. The molecule has 2 N–H and O–H groups in total. The van der Waals surface area contributed by atoms with Crippen molar-refractivity contribution in [3.05, 3.63) is 29.3 Å². The molecule has 19 heavy (non-hydrogen) atoms. The van der Waals surface area contributed by atoms with Gasteiger partial charge in [0.2, 0.25) is 10.0 Å². The molecule has 0 saturated heterocycles. The predicted molar refractivity (Wildman–Crippen MR) is 73.9 cm³/mol. The molecule has 0 aliphatic heterocycles. The lowest BCUT2D eigenvalue weighted by atomic mass is 10.1. The number of carbonyl (C=O) groups excluding carboxylic acids is 1. The molecule has 1 aromatic rings. The molecule has 0 aliphatic carbocycles. The van der Waals surface area contributed by atoms with E-state index in [9.17, 15) is 13.2 Å². The first-order valence-corrected chi connectivity index (χ1v) is 7.39. The van der Waals surface area contributed by atoms with Crippen molar-refractivity contribution in [2.24, 2.45) is 0 Å². The molecule has 0 aliphatic rings. The number of rotatable bonds is 6. The van der Waals surface area contributed by atoms with E-state index >= 15 is 0 Å². The van der Waals surface area contributed by atoms with Crippen LogP contribution in [-0.2, 0) is 14.8 Å². The summed E-state index contributed by atoms with van der Waals surface area (Å²) >= 11 is 0. The normalized spacial score (nSPS) is 11.1. The highest BCUT2D eigenvalue weighted by molar-refractivity contribution is 7.92. The molecule has 106 valence electrons. The number of aryl methyl sites for hydroxylation is 1. The Kier molecular flexibility index (Phi) is 5.31. The molecule has 0 fully saturated rings. The van der Waals surface area contributed by atoms with E-state index in [2.05, 4.69) is 14.8 Å². The summed E-state index contributed by atoms with van der Waals surface area (Å²) in [5.41, 5.74) is 1.28. The molecule has 0 spiro atoms. The zero-order chi connectivity index (χ0) is 14.5. The fraction of sp³-hybridized carbons (Fsp3) is 0.417. The van der Waals surface area contributed by atoms with Gasteiger partial charge in [0.25, 0.3) is 0 Å². The number of methoxy groups -OCH3 is 1. The Morgan fingerprint density at radius 3 is 2.63 bits per heavy atom. The number of nitrogens with one attached hydrogen (secondary N) is 2. The molecule has 0 bridgehead atoms. The monoisotopic (exact) mass is 286 g/mol. The van der Waals surface area contributed by atoms with Gasteiger partial charge in [-0.05, 0) is 26.1 Å². The van der Waals surface area contributed by atoms with Gasteiger partial charge in [-0.15, -0.1) is 0 Å². The van der Waals surface area contributed by atoms with E-state index in [0.29, 0.717) is 6.54 Å². The van der Waals surface area contributed by atoms with Crippen LogP contribution in [0.25, 0.3) is 0 Å². The number of carbonyl (C=O) groups is 1. The zero-order valence-corrected chi connectivity index (χ0v) is 12.0. The lowest BCUT2D eigenvalue weighted by Crippen LogP contribution is -2.25. The summed E-state index contributed by atoms with van der Waals surface area (Å²) in [5, 5.41) is 2.76. The smallest absolute Gasteiger partial charge is 0.340 e. The van der Waals surface area contributed by atoms with Gasteiger partial charge >= 0.3 is 5.97 Å². The quantitative estimate of drug-likeness (QED) is 0.754. The molecule has 0 amide bonds. The van der Waals surface area contributed by atoms with Crippen LogP contribution in [0.2, 0.25) is 0 Å². The van der Waals surface area contributed by atoms with Crippen molar-refractivity contribution in [3.63, 3.8) is 0 Å². The Hall–Kier alpha value is -1.60. The van der Waals surface area contributed by atoms with Crippen molar-refractivity contribution in [3.8, 4) is 0 Å². The molecule has 7 heteroatoms. The number of hydrogen-bond acceptors (Lipinski definition) is 5. The summed E-state index contributed by atoms with van der Waals surface area (Å²) in [7, 11) is -0.572. The Morgan fingerprint density at radius 1 is 1.37 bits per heavy atom. The second-order valence-corrected chi connectivity index (χ2v) is 5.91. The number of esters is 1. The van der Waals surface area contributed by atoms with Gasteiger partial charge in [-0.25, -0.2) is 13.2 Å². The van der Waals surface area contributed by atoms with Crippen LogP contribution in [0.4, 0.5) is 5.69 Å². The van der Waals surface area contributed by atoms with Gasteiger partial charge in [0.05, 0.1) is 24.1 Å². The predicted octanol–water partition coefficient (Wildman–Crippen LogP) is 0.743. The third-order valence-corrected chi connectivity index (χ3v) is 3.74. The Morgan fingerprint density at radius 2 is 2.05 bits per heavy atom. The Balaban J connectivity index is 3.04. The molecular weight excluding hydrogens is 268 g/mol. The minimum atomic E-state index is -3.49. The molecule has 0 saturated carbocycles. The number of benzene rings is 1. The first-order chi connectivity index (χ1) is 8.89. The van der Waals surface area contributed by atoms with E-state index in [0.717, 1.165) is 5.56 Å². The highest BCUT2D eigenvalue weighted by Gasteiger charge is 2.17. The largest absolute Gasteiger partial charge is 0.465 e. The van der Waals surface area contributed by atoms with Crippen LogP contribution in [0, 0.1) is 6.92 Å². The average molecular weight is 286 g/mol. The van der Waals surface area contributed by atoms with E-state index in [1.807, 2.05) is 6.92 Å². The van der Waals surface area contributed by atoms with Crippen LogP contribution < -0.4 is 10.0 Å². The minimum absolute atomic E-state index is 0.0714. The van der Waals surface area contributed by atoms with Gasteiger partial charge in [0.1, 0.15) is 0 Å². The van der Waals surface area contributed by atoms with Gasteiger partial charge in [-0.2, -0.15) is 0 Å². The molecule has 0 atom stereocenters. The van der Waals surface area contributed by atoms with Crippen molar-refractivity contribution in [1.29, 1.82) is 0 Å². The van der Waals surface area contributed by atoms with Crippen molar-refractivity contribution in [1.82, 2.24) is 5.32 Å². The number of anilines is 1. The molecule has 0 radical (unpaired) electrons. The average Bonchev–Trinajstić information content (AvgIpc) is 2.37. The van der Waals surface area contributed by atoms with Crippen LogP contribution in [0.1, 0.15) is 15.9 Å². The highest BCUT2D eigenvalue weighted by Crippen LogP contribution is 2.19. The second kappa shape index (κ2) is 6.53. The fourth-order valence-corrected chi connectivity index (χ4v) is 2.57. The van der Waals surface area contributed by atoms with Gasteiger partial charge in [0.15, 0.2) is 0 Å². The maximum Gasteiger partial charge on any atom is 0.340 e. The number of sulfonamides is 1. The lowest BCUT2D eigenvalue weighted by molar-refractivity contribution is 0.0602. The van der Waals surface area contributed by atoms with Crippen LogP contribution in [0.15, 0.2) is 18.2 Å². The highest BCUT2D eigenvalue weighted by atomic mass is 32.2. The van der Waals surface area contributed by atoms with Gasteiger partial charge < -0.3 is 10.1 Å². The second-order valence-electron chi connectivity index (χ2n) is 4.07. The number of ether oxygens (including phenoxy) is 1. The summed E-state index contributed by atoms with van der Waals surface area (Å²) in [6.45, 7) is 2.14. The van der Waals surface area contributed by atoms with E-state index in [4.69, 9.17) is 0 Å². The molecule has 0 heterocycles. The van der Waals surface area contributed by atoms with Crippen LogP contribution >= 0.6 is 0 Å². The summed E-state index contributed by atoms with van der Waals surface area (Å²) in [5.74, 6) is -0.645. The first-order valence-electron chi connectivity index (χ1n) is 5.73. The fourth-order valence-electron chi connectivity index (χ4n) is 1.48.